The minimum absolute atomic E-state index is 0.0256. The van der Waals surface area contributed by atoms with Crippen molar-refractivity contribution in [2.45, 2.75) is 39.5 Å². The van der Waals surface area contributed by atoms with Crippen molar-refractivity contribution in [2.75, 3.05) is 84.5 Å². The fraction of sp³-hybridized carbons (Fsp3) is 0.731. The molecule has 1 atom stereocenters. The zero-order valence-electron chi connectivity index (χ0n) is 23.5. The van der Waals surface area contributed by atoms with E-state index >= 15 is 0 Å². The van der Waals surface area contributed by atoms with Crippen LogP contribution in [0.3, 0.4) is 0 Å². The van der Waals surface area contributed by atoms with Gasteiger partial charge in [-0.1, -0.05) is 26.7 Å². The van der Waals surface area contributed by atoms with Gasteiger partial charge in [0.05, 0.1) is 87.9 Å². The van der Waals surface area contributed by atoms with E-state index in [0.29, 0.717) is 66.0 Å². The highest BCUT2D eigenvalue weighted by molar-refractivity contribution is 5.72. The molecular weight excluding hydrogens is 530 g/mol. The summed E-state index contributed by atoms with van der Waals surface area (Å²) in [7, 11) is 0. The van der Waals surface area contributed by atoms with E-state index in [1.807, 2.05) is 6.92 Å². The Morgan fingerprint density at radius 1 is 0.800 bits per heavy atom. The first-order valence-corrected chi connectivity index (χ1v) is 13.6. The van der Waals surface area contributed by atoms with Gasteiger partial charge in [0, 0.05) is 12.6 Å². The van der Waals surface area contributed by atoms with Gasteiger partial charge in [-0.3, -0.25) is 25.0 Å². The number of non-ortho nitro benzene ring substituents is 1. The Morgan fingerprint density at radius 3 is 1.80 bits per heavy atom. The average Bonchev–Trinajstić information content (AvgIpc) is 2.94. The molecule has 0 saturated heterocycles. The minimum atomic E-state index is -0.683. The van der Waals surface area contributed by atoms with Gasteiger partial charge in [0.15, 0.2) is 0 Å². The van der Waals surface area contributed by atoms with Crippen LogP contribution < -0.4 is 5.32 Å². The van der Waals surface area contributed by atoms with E-state index in [-0.39, 0.29) is 42.2 Å². The lowest BCUT2D eigenvalue weighted by Gasteiger charge is -2.13. The van der Waals surface area contributed by atoms with E-state index in [1.54, 1.807) is 0 Å². The number of anilines is 1. The molecule has 0 aliphatic heterocycles. The van der Waals surface area contributed by atoms with Gasteiger partial charge in [-0.2, -0.15) is 0 Å². The molecule has 14 heteroatoms. The second kappa shape index (κ2) is 22.9. The normalized spacial score (nSPS) is 11.8. The van der Waals surface area contributed by atoms with Crippen molar-refractivity contribution < 1.29 is 43.1 Å². The summed E-state index contributed by atoms with van der Waals surface area (Å²) in [6.45, 7) is 8.46. The molecule has 1 unspecified atom stereocenters. The Balaban J connectivity index is 1.89. The van der Waals surface area contributed by atoms with Gasteiger partial charge in [0.1, 0.15) is 12.3 Å². The van der Waals surface area contributed by atoms with Gasteiger partial charge in [-0.15, -0.1) is 0 Å². The number of esters is 1. The van der Waals surface area contributed by atoms with Crippen LogP contribution in [0.4, 0.5) is 17.1 Å². The van der Waals surface area contributed by atoms with E-state index in [2.05, 4.69) is 12.2 Å². The zero-order valence-corrected chi connectivity index (χ0v) is 23.5. The number of unbranched alkanes of at least 4 members (excludes halogenated alkanes) is 1. The van der Waals surface area contributed by atoms with Gasteiger partial charge >= 0.3 is 5.97 Å². The molecule has 228 valence electrons. The van der Waals surface area contributed by atoms with Gasteiger partial charge < -0.3 is 33.7 Å². The number of nitro groups is 2. The second-order valence-corrected chi connectivity index (χ2v) is 8.62. The number of ether oxygens (including phenoxy) is 6. The topological polar surface area (TPSA) is 171 Å². The number of nitro benzene ring substituents is 2. The van der Waals surface area contributed by atoms with E-state index in [9.17, 15) is 25.0 Å². The van der Waals surface area contributed by atoms with Crippen LogP contribution >= 0.6 is 0 Å². The van der Waals surface area contributed by atoms with Crippen LogP contribution in [0.5, 0.6) is 0 Å². The maximum absolute atomic E-state index is 12.0. The molecule has 0 amide bonds. The predicted octanol–water partition coefficient (Wildman–Crippen LogP) is 3.76. The Morgan fingerprint density at radius 2 is 1.32 bits per heavy atom. The van der Waals surface area contributed by atoms with Crippen molar-refractivity contribution in [2.24, 2.45) is 5.92 Å². The number of carbonyl (C=O) groups excluding carboxylic acids is 1. The molecule has 0 aliphatic rings. The summed E-state index contributed by atoms with van der Waals surface area (Å²) in [4.78, 5) is 32.5. The minimum Gasteiger partial charge on any atom is -0.463 e. The number of benzene rings is 1. The molecule has 0 heterocycles. The highest BCUT2D eigenvalue weighted by Gasteiger charge is 2.19. The lowest BCUT2D eigenvalue weighted by Crippen LogP contribution is -2.20. The average molecular weight is 574 g/mol. The molecule has 0 fully saturated rings. The number of carbonyl (C=O) groups is 1. The standard InChI is InChI=1S/C26H43N3O11/c1-3-5-6-22(4-2)26(30)40-20-19-39-18-17-38-16-15-37-14-13-36-12-11-35-10-9-27-24-8-7-23(28(31)32)21-25(24)29(33)34/h7-8,21-22,27H,3-6,9-20H2,1-2H3. The monoisotopic (exact) mass is 573 g/mol. The van der Waals surface area contributed by atoms with E-state index in [0.717, 1.165) is 31.7 Å². The summed E-state index contributed by atoms with van der Waals surface area (Å²) in [5.74, 6) is -0.170. The molecule has 0 aliphatic carbocycles. The lowest BCUT2D eigenvalue weighted by atomic mass is 10.00. The van der Waals surface area contributed by atoms with Crippen LogP contribution in [0.25, 0.3) is 0 Å². The van der Waals surface area contributed by atoms with Gasteiger partial charge in [0.2, 0.25) is 0 Å². The highest BCUT2D eigenvalue weighted by Crippen LogP contribution is 2.28. The number of nitrogens with zero attached hydrogens (tertiary/aromatic N) is 2. The summed E-state index contributed by atoms with van der Waals surface area (Å²) in [6.07, 6.45) is 3.76. The quantitative estimate of drug-likeness (QED) is 0.0737. The van der Waals surface area contributed by atoms with E-state index in [1.165, 1.54) is 12.1 Å². The first kappa shape index (κ1) is 35.1. The third-order valence-electron chi connectivity index (χ3n) is 5.64. The summed E-state index contributed by atoms with van der Waals surface area (Å²) in [6, 6.07) is 3.42. The maximum atomic E-state index is 12.0. The molecule has 1 rings (SSSR count). The summed E-state index contributed by atoms with van der Waals surface area (Å²) >= 11 is 0. The molecule has 0 aromatic heterocycles. The molecule has 0 saturated carbocycles. The van der Waals surface area contributed by atoms with Crippen LogP contribution in [0, 0.1) is 26.1 Å². The van der Waals surface area contributed by atoms with Crippen molar-refractivity contribution in [3.05, 3.63) is 38.4 Å². The first-order valence-electron chi connectivity index (χ1n) is 13.6. The molecule has 1 N–H and O–H groups in total. The Hall–Kier alpha value is -2.91. The fourth-order valence-corrected chi connectivity index (χ4v) is 3.43. The number of rotatable bonds is 26. The third kappa shape index (κ3) is 16.3. The fourth-order valence-electron chi connectivity index (χ4n) is 3.43. The highest BCUT2D eigenvalue weighted by atomic mass is 16.6. The van der Waals surface area contributed by atoms with Crippen molar-refractivity contribution in [3.8, 4) is 0 Å². The SMILES string of the molecule is CCCCC(CC)C(=O)OCCOCCOCCOCCOCCOCCNc1ccc([N+](=O)[O-])cc1[N+](=O)[O-]. The van der Waals surface area contributed by atoms with Crippen molar-refractivity contribution in [1.82, 2.24) is 0 Å². The Bertz CT molecular complexity index is 857. The summed E-state index contributed by atoms with van der Waals surface area (Å²) in [5.41, 5.74) is -0.526. The van der Waals surface area contributed by atoms with Crippen molar-refractivity contribution >= 4 is 23.0 Å². The molecule has 40 heavy (non-hydrogen) atoms. The van der Waals surface area contributed by atoms with Crippen LogP contribution in [-0.2, 0) is 33.2 Å². The summed E-state index contributed by atoms with van der Waals surface area (Å²) < 4.78 is 32.3. The van der Waals surface area contributed by atoms with Gasteiger partial charge in [0.25, 0.3) is 11.4 Å². The van der Waals surface area contributed by atoms with E-state index in [4.69, 9.17) is 28.4 Å². The first-order chi connectivity index (χ1) is 19.4. The van der Waals surface area contributed by atoms with Crippen LogP contribution in [0.15, 0.2) is 18.2 Å². The smallest absolute Gasteiger partial charge is 0.308 e. The van der Waals surface area contributed by atoms with Gasteiger partial charge in [-0.25, -0.2) is 0 Å². The van der Waals surface area contributed by atoms with Crippen molar-refractivity contribution in [1.29, 1.82) is 0 Å². The third-order valence-corrected chi connectivity index (χ3v) is 5.64. The molecule has 0 bridgehead atoms. The number of hydrogen-bond acceptors (Lipinski definition) is 12. The zero-order chi connectivity index (χ0) is 29.4. The molecule has 0 spiro atoms. The van der Waals surface area contributed by atoms with Crippen molar-refractivity contribution in [3.63, 3.8) is 0 Å². The predicted molar refractivity (Wildman–Crippen MR) is 147 cm³/mol. The van der Waals surface area contributed by atoms with Crippen LogP contribution in [0.1, 0.15) is 39.5 Å². The van der Waals surface area contributed by atoms with Crippen LogP contribution in [0.2, 0.25) is 0 Å². The molecule has 1 aromatic carbocycles. The maximum Gasteiger partial charge on any atom is 0.308 e. The number of nitrogens with one attached hydrogen (secondary N) is 1. The van der Waals surface area contributed by atoms with Gasteiger partial charge in [-0.05, 0) is 18.9 Å². The lowest BCUT2D eigenvalue weighted by molar-refractivity contribution is -0.393. The molecule has 1 aromatic rings. The largest absolute Gasteiger partial charge is 0.463 e. The second-order valence-electron chi connectivity index (χ2n) is 8.62. The molecular formula is C26H43N3O11. The van der Waals surface area contributed by atoms with E-state index < -0.39 is 9.85 Å². The Labute approximate surface area is 234 Å². The summed E-state index contributed by atoms with van der Waals surface area (Å²) in [5, 5.41) is 24.7. The molecule has 14 nitrogen and oxygen atoms in total. The molecule has 0 radical (unpaired) electrons. The Kier molecular flexibility index (Phi) is 20.1. The van der Waals surface area contributed by atoms with Crippen LogP contribution in [-0.4, -0.2) is 95.0 Å². The number of hydrogen-bond donors (Lipinski definition) is 1.